The maximum Gasteiger partial charge on any atom is 0.191 e. The van der Waals surface area contributed by atoms with E-state index in [1.807, 2.05) is 11.3 Å². The van der Waals surface area contributed by atoms with E-state index >= 15 is 0 Å². The average molecular weight is 391 g/mol. The molecule has 2 aromatic rings. The largest absolute Gasteiger partial charge is 0.379 e. The highest BCUT2D eigenvalue weighted by Crippen LogP contribution is 2.27. The third kappa shape index (κ3) is 5.76. The number of aryl methyl sites for hydroxylation is 1. The van der Waals surface area contributed by atoms with Gasteiger partial charge in [0.05, 0.1) is 19.3 Å². The minimum atomic E-state index is -0.221. The zero-order chi connectivity index (χ0) is 19.1. The van der Waals surface area contributed by atoms with Gasteiger partial charge in [-0.2, -0.15) is 0 Å². The molecule has 0 radical (unpaired) electrons. The van der Waals surface area contributed by atoms with Crippen molar-refractivity contribution in [3.8, 4) is 0 Å². The van der Waals surface area contributed by atoms with Crippen molar-refractivity contribution < 1.29 is 9.13 Å². The zero-order valence-electron chi connectivity index (χ0n) is 15.9. The Kier molecular flexibility index (Phi) is 7.20. The van der Waals surface area contributed by atoms with Crippen LogP contribution in [0.25, 0.3) is 0 Å². The molecule has 27 heavy (non-hydrogen) atoms. The molecule has 0 aliphatic carbocycles. The van der Waals surface area contributed by atoms with E-state index in [9.17, 15) is 4.39 Å². The number of hydrogen-bond acceptors (Lipinski definition) is 4. The van der Waals surface area contributed by atoms with Crippen LogP contribution in [0.5, 0.6) is 0 Å². The van der Waals surface area contributed by atoms with E-state index in [-0.39, 0.29) is 11.9 Å². The summed E-state index contributed by atoms with van der Waals surface area (Å²) >= 11 is 1.84. The molecular formula is C20H27FN4OS. The van der Waals surface area contributed by atoms with Crippen molar-refractivity contribution in [1.82, 2.24) is 15.5 Å². The molecule has 1 aliphatic rings. The van der Waals surface area contributed by atoms with Crippen LogP contribution in [0.1, 0.15) is 21.4 Å². The summed E-state index contributed by atoms with van der Waals surface area (Å²) in [7, 11) is 1.76. The highest BCUT2D eigenvalue weighted by Gasteiger charge is 2.24. The Balaban J connectivity index is 1.59. The molecule has 146 valence electrons. The van der Waals surface area contributed by atoms with Crippen LogP contribution in [-0.4, -0.2) is 50.8 Å². The second-order valence-corrected chi connectivity index (χ2v) is 7.87. The summed E-state index contributed by atoms with van der Waals surface area (Å²) < 4.78 is 18.5. The summed E-state index contributed by atoms with van der Waals surface area (Å²) in [5.41, 5.74) is 1.01. The number of ether oxygens (including phenoxy) is 1. The van der Waals surface area contributed by atoms with Crippen LogP contribution in [0.4, 0.5) is 4.39 Å². The highest BCUT2D eigenvalue weighted by atomic mass is 32.1. The van der Waals surface area contributed by atoms with Crippen molar-refractivity contribution in [2.24, 2.45) is 4.99 Å². The Morgan fingerprint density at radius 1 is 1.19 bits per heavy atom. The maximum absolute atomic E-state index is 13.0. The molecule has 1 aromatic carbocycles. The van der Waals surface area contributed by atoms with E-state index in [4.69, 9.17) is 4.74 Å². The number of benzene rings is 1. The third-order valence-corrected chi connectivity index (χ3v) is 5.74. The molecule has 0 spiro atoms. The Morgan fingerprint density at radius 2 is 1.93 bits per heavy atom. The summed E-state index contributed by atoms with van der Waals surface area (Å²) in [6.45, 7) is 6.93. The van der Waals surface area contributed by atoms with Gasteiger partial charge in [-0.15, -0.1) is 11.3 Å². The molecule has 2 heterocycles. The zero-order valence-corrected chi connectivity index (χ0v) is 16.7. The fourth-order valence-electron chi connectivity index (χ4n) is 3.13. The lowest BCUT2D eigenvalue weighted by Gasteiger charge is -2.34. The van der Waals surface area contributed by atoms with E-state index < -0.39 is 0 Å². The average Bonchev–Trinajstić information content (AvgIpc) is 3.12. The second kappa shape index (κ2) is 9.82. The van der Waals surface area contributed by atoms with Gasteiger partial charge in [0, 0.05) is 43.0 Å². The first-order valence-corrected chi connectivity index (χ1v) is 10.0. The number of halogens is 1. The number of guanidine groups is 1. The minimum absolute atomic E-state index is 0.221. The molecular weight excluding hydrogens is 363 g/mol. The molecule has 0 amide bonds. The van der Waals surface area contributed by atoms with Gasteiger partial charge in [-0.05, 0) is 36.8 Å². The molecule has 2 N–H and O–H groups in total. The van der Waals surface area contributed by atoms with Crippen molar-refractivity contribution in [2.45, 2.75) is 19.5 Å². The first-order valence-electron chi connectivity index (χ1n) is 9.23. The SMILES string of the molecule is CN=C(NCc1ccc(F)cc1)NCC(c1ccc(C)s1)N1CCOCC1. The van der Waals surface area contributed by atoms with Crippen molar-refractivity contribution in [3.05, 3.63) is 57.5 Å². The Labute approximate surface area is 164 Å². The van der Waals surface area contributed by atoms with Gasteiger partial charge >= 0.3 is 0 Å². The van der Waals surface area contributed by atoms with Crippen molar-refractivity contribution in [1.29, 1.82) is 0 Å². The molecule has 1 fully saturated rings. The first kappa shape index (κ1) is 19.8. The van der Waals surface area contributed by atoms with Crippen molar-refractivity contribution in [3.63, 3.8) is 0 Å². The summed E-state index contributed by atoms with van der Waals surface area (Å²) in [6.07, 6.45) is 0. The minimum Gasteiger partial charge on any atom is -0.379 e. The van der Waals surface area contributed by atoms with Crippen molar-refractivity contribution >= 4 is 17.3 Å². The number of morpholine rings is 1. The topological polar surface area (TPSA) is 48.9 Å². The van der Waals surface area contributed by atoms with E-state index in [1.54, 1.807) is 19.2 Å². The van der Waals surface area contributed by atoms with E-state index in [2.05, 4.69) is 39.6 Å². The lowest BCUT2D eigenvalue weighted by Crippen LogP contribution is -2.46. The Morgan fingerprint density at radius 3 is 2.56 bits per heavy atom. The quantitative estimate of drug-likeness (QED) is 0.588. The fraction of sp³-hybridized carbons (Fsp3) is 0.450. The number of nitrogens with zero attached hydrogens (tertiary/aromatic N) is 2. The van der Waals surface area contributed by atoms with Gasteiger partial charge in [0.25, 0.3) is 0 Å². The van der Waals surface area contributed by atoms with Crippen LogP contribution in [0.3, 0.4) is 0 Å². The molecule has 1 aliphatic heterocycles. The molecule has 1 saturated heterocycles. The Bertz CT molecular complexity index is 741. The van der Waals surface area contributed by atoms with Gasteiger partial charge in [-0.1, -0.05) is 12.1 Å². The molecule has 3 rings (SSSR count). The second-order valence-electron chi connectivity index (χ2n) is 6.55. The van der Waals surface area contributed by atoms with Gasteiger partial charge in [0.2, 0.25) is 0 Å². The highest BCUT2D eigenvalue weighted by molar-refractivity contribution is 7.12. The van der Waals surface area contributed by atoms with E-state index in [0.717, 1.165) is 44.4 Å². The van der Waals surface area contributed by atoms with Gasteiger partial charge < -0.3 is 15.4 Å². The summed E-state index contributed by atoms with van der Waals surface area (Å²) in [4.78, 5) is 9.46. The van der Waals surface area contributed by atoms with Gasteiger partial charge in [0.15, 0.2) is 5.96 Å². The molecule has 1 atom stereocenters. The number of rotatable bonds is 6. The van der Waals surface area contributed by atoms with Crippen molar-refractivity contribution in [2.75, 3.05) is 39.9 Å². The van der Waals surface area contributed by atoms with Gasteiger partial charge in [-0.25, -0.2) is 4.39 Å². The summed E-state index contributed by atoms with van der Waals surface area (Å²) in [6, 6.07) is 11.2. The van der Waals surface area contributed by atoms with Crippen LogP contribution in [0.15, 0.2) is 41.4 Å². The van der Waals surface area contributed by atoms with E-state index in [1.165, 1.54) is 21.9 Å². The predicted octanol–water partition coefficient (Wildman–Crippen LogP) is 2.93. The molecule has 0 saturated carbocycles. The van der Waals surface area contributed by atoms with Crippen LogP contribution >= 0.6 is 11.3 Å². The molecule has 1 aromatic heterocycles. The van der Waals surface area contributed by atoms with Crippen LogP contribution < -0.4 is 10.6 Å². The van der Waals surface area contributed by atoms with Gasteiger partial charge in [-0.3, -0.25) is 9.89 Å². The number of hydrogen-bond donors (Lipinski definition) is 2. The smallest absolute Gasteiger partial charge is 0.191 e. The monoisotopic (exact) mass is 390 g/mol. The fourth-order valence-corrected chi connectivity index (χ4v) is 4.15. The first-order chi connectivity index (χ1) is 13.2. The maximum atomic E-state index is 13.0. The number of thiophene rings is 1. The molecule has 0 bridgehead atoms. The van der Waals surface area contributed by atoms with Crippen LogP contribution in [0.2, 0.25) is 0 Å². The molecule has 7 heteroatoms. The van der Waals surface area contributed by atoms with Crippen LogP contribution in [-0.2, 0) is 11.3 Å². The van der Waals surface area contributed by atoms with E-state index in [0.29, 0.717) is 6.54 Å². The summed E-state index contributed by atoms with van der Waals surface area (Å²) in [5, 5.41) is 6.74. The Hall–Kier alpha value is -1.96. The van der Waals surface area contributed by atoms with Crippen LogP contribution in [0, 0.1) is 12.7 Å². The number of aliphatic imine (C=N–C) groups is 1. The summed E-state index contributed by atoms with van der Waals surface area (Å²) in [5.74, 6) is 0.520. The molecule has 1 unspecified atom stereocenters. The number of nitrogens with one attached hydrogen (secondary N) is 2. The standard InChI is InChI=1S/C20H27FN4OS/c1-15-3-8-19(27-15)18(25-9-11-26-12-10-25)14-24-20(22-2)23-13-16-4-6-17(21)7-5-16/h3-8,18H,9-14H2,1-2H3,(H2,22,23,24). The lowest BCUT2D eigenvalue weighted by atomic mass is 10.2. The van der Waals surface area contributed by atoms with Gasteiger partial charge in [0.1, 0.15) is 5.82 Å². The lowest BCUT2D eigenvalue weighted by molar-refractivity contribution is 0.0177. The normalized spacial score (nSPS) is 16.9. The predicted molar refractivity (Wildman–Crippen MR) is 109 cm³/mol. The third-order valence-electron chi connectivity index (χ3n) is 4.64. The molecule has 5 nitrogen and oxygen atoms in total.